The van der Waals surface area contributed by atoms with Crippen molar-refractivity contribution < 1.29 is 5.11 Å². The highest BCUT2D eigenvalue weighted by atomic mass is 16.3. The van der Waals surface area contributed by atoms with Gasteiger partial charge in [0.25, 0.3) is 0 Å². The van der Waals surface area contributed by atoms with E-state index in [1.807, 2.05) is 18.2 Å². The molecule has 0 aliphatic rings. The van der Waals surface area contributed by atoms with Crippen molar-refractivity contribution in [2.45, 2.75) is 26.4 Å². The van der Waals surface area contributed by atoms with Gasteiger partial charge in [-0.1, -0.05) is 38.1 Å². The SMILES string of the molecule is C#N.CC(C)c1ccccc1CO. The largest absolute Gasteiger partial charge is 0.392 e. The summed E-state index contributed by atoms with van der Waals surface area (Å²) in [6.45, 7) is 7.91. The van der Waals surface area contributed by atoms with Crippen molar-refractivity contribution in [2.75, 3.05) is 0 Å². The predicted octanol–water partition coefficient (Wildman–Crippen LogP) is 2.44. The molecule has 1 aromatic carbocycles. The summed E-state index contributed by atoms with van der Waals surface area (Å²) in [5.74, 6) is 0.498. The summed E-state index contributed by atoms with van der Waals surface area (Å²) in [4.78, 5) is 0. The zero-order chi connectivity index (χ0) is 10.3. The van der Waals surface area contributed by atoms with Crippen molar-refractivity contribution in [1.29, 1.82) is 5.26 Å². The van der Waals surface area contributed by atoms with Gasteiger partial charge in [-0.2, -0.15) is 0 Å². The number of benzene rings is 1. The highest BCUT2D eigenvalue weighted by molar-refractivity contribution is 5.28. The molecule has 0 bridgehead atoms. The second-order valence-corrected chi connectivity index (χ2v) is 3.01. The van der Waals surface area contributed by atoms with Gasteiger partial charge in [0.05, 0.1) is 6.61 Å². The van der Waals surface area contributed by atoms with Crippen molar-refractivity contribution in [3.63, 3.8) is 0 Å². The maximum atomic E-state index is 8.97. The summed E-state index contributed by atoms with van der Waals surface area (Å²) in [7, 11) is 0. The van der Waals surface area contributed by atoms with E-state index in [1.54, 1.807) is 0 Å². The zero-order valence-corrected chi connectivity index (χ0v) is 8.07. The summed E-state index contributed by atoms with van der Waals surface area (Å²) in [6, 6.07) is 8.00. The topological polar surface area (TPSA) is 44.0 Å². The van der Waals surface area contributed by atoms with Crippen LogP contribution in [0.2, 0.25) is 0 Å². The fraction of sp³-hybridized carbons (Fsp3) is 0.364. The van der Waals surface area contributed by atoms with Crippen molar-refractivity contribution in [3.05, 3.63) is 35.4 Å². The molecule has 13 heavy (non-hydrogen) atoms. The number of aliphatic hydroxyl groups is 1. The lowest BCUT2D eigenvalue weighted by molar-refractivity contribution is 0.280. The van der Waals surface area contributed by atoms with Gasteiger partial charge in [0.1, 0.15) is 0 Å². The number of nitrogens with zero attached hydrogens (tertiary/aromatic N) is 1. The third kappa shape index (κ3) is 3.27. The predicted molar refractivity (Wildman–Crippen MR) is 53.1 cm³/mol. The molecule has 0 aliphatic carbocycles. The number of nitriles is 1. The Kier molecular flexibility index (Phi) is 5.58. The van der Waals surface area contributed by atoms with E-state index in [0.29, 0.717) is 5.92 Å². The molecule has 0 unspecified atom stereocenters. The molecule has 0 atom stereocenters. The first-order chi connectivity index (χ1) is 6.25. The molecule has 2 heteroatoms. The van der Waals surface area contributed by atoms with Crippen LogP contribution < -0.4 is 0 Å². The van der Waals surface area contributed by atoms with Crippen LogP contribution in [0.5, 0.6) is 0 Å². The molecule has 0 aliphatic heterocycles. The summed E-state index contributed by atoms with van der Waals surface area (Å²) in [6.07, 6.45) is 0. The van der Waals surface area contributed by atoms with E-state index in [-0.39, 0.29) is 6.61 Å². The van der Waals surface area contributed by atoms with Crippen LogP contribution in [0.1, 0.15) is 30.9 Å². The van der Waals surface area contributed by atoms with Crippen LogP contribution in [0.3, 0.4) is 0 Å². The summed E-state index contributed by atoms with van der Waals surface area (Å²) in [5, 5.41) is 15.5. The molecule has 0 aromatic heterocycles. The Balaban J connectivity index is 0.000000671. The van der Waals surface area contributed by atoms with Crippen LogP contribution in [-0.4, -0.2) is 5.11 Å². The molecule has 70 valence electrons. The third-order valence-electron chi connectivity index (χ3n) is 1.85. The molecule has 1 rings (SSSR count). The second-order valence-electron chi connectivity index (χ2n) is 3.01. The Morgan fingerprint density at radius 3 is 2.23 bits per heavy atom. The third-order valence-corrected chi connectivity index (χ3v) is 1.85. The van der Waals surface area contributed by atoms with Crippen molar-refractivity contribution >= 4 is 0 Å². The molecule has 1 N–H and O–H groups in total. The van der Waals surface area contributed by atoms with Crippen LogP contribution in [0.15, 0.2) is 24.3 Å². The van der Waals surface area contributed by atoms with Gasteiger partial charge in [-0.25, -0.2) is 5.26 Å². The first-order valence-electron chi connectivity index (χ1n) is 4.20. The number of hydrogen-bond acceptors (Lipinski definition) is 2. The molecule has 0 amide bonds. The van der Waals surface area contributed by atoms with Crippen molar-refractivity contribution in [3.8, 4) is 6.57 Å². The Morgan fingerprint density at radius 2 is 1.85 bits per heavy atom. The van der Waals surface area contributed by atoms with E-state index in [1.165, 1.54) is 5.56 Å². The van der Waals surface area contributed by atoms with Crippen LogP contribution in [0, 0.1) is 11.8 Å². The summed E-state index contributed by atoms with van der Waals surface area (Å²) >= 11 is 0. The second kappa shape index (κ2) is 6.22. The average Bonchev–Trinajstić information content (AvgIpc) is 2.20. The molecule has 1 aromatic rings. The van der Waals surface area contributed by atoms with Crippen LogP contribution >= 0.6 is 0 Å². The molecule has 0 fully saturated rings. The van der Waals surface area contributed by atoms with Gasteiger partial charge >= 0.3 is 0 Å². The van der Waals surface area contributed by atoms with E-state index in [9.17, 15) is 0 Å². The highest BCUT2D eigenvalue weighted by Crippen LogP contribution is 2.18. The average molecular weight is 177 g/mol. The quantitative estimate of drug-likeness (QED) is 0.754. The fourth-order valence-corrected chi connectivity index (χ4v) is 1.24. The minimum Gasteiger partial charge on any atom is -0.392 e. The Hall–Kier alpha value is -1.33. The van der Waals surface area contributed by atoms with Crippen LogP contribution in [0.25, 0.3) is 0 Å². The van der Waals surface area contributed by atoms with Crippen molar-refractivity contribution in [1.82, 2.24) is 0 Å². The Morgan fingerprint density at radius 1 is 1.31 bits per heavy atom. The van der Waals surface area contributed by atoms with E-state index >= 15 is 0 Å². The number of aliphatic hydroxyl groups excluding tert-OH is 1. The van der Waals surface area contributed by atoms with Gasteiger partial charge in [-0.15, -0.1) is 0 Å². The normalized spacial score (nSPS) is 9.08. The first kappa shape index (κ1) is 11.7. The smallest absolute Gasteiger partial charge is 0.0684 e. The van der Waals surface area contributed by atoms with Crippen LogP contribution in [0.4, 0.5) is 0 Å². The molecule has 0 saturated heterocycles. The van der Waals surface area contributed by atoms with E-state index < -0.39 is 0 Å². The summed E-state index contributed by atoms with van der Waals surface area (Å²) in [5.41, 5.74) is 2.29. The standard InChI is InChI=1S/C10H14O.CHN/c1-8(2)10-6-4-3-5-9(10)7-11;1-2/h3-6,8,11H,7H2,1-2H3;1H. The van der Waals surface area contributed by atoms with E-state index in [4.69, 9.17) is 10.4 Å². The molecule has 2 nitrogen and oxygen atoms in total. The van der Waals surface area contributed by atoms with Gasteiger partial charge in [0, 0.05) is 6.57 Å². The Bertz CT molecular complexity index is 266. The molecule has 0 saturated carbocycles. The lowest BCUT2D eigenvalue weighted by atomic mass is 9.98. The lowest BCUT2D eigenvalue weighted by Gasteiger charge is -2.09. The Labute approximate surface area is 79.4 Å². The van der Waals surface area contributed by atoms with Crippen LogP contribution in [-0.2, 0) is 6.61 Å². The minimum atomic E-state index is 0.147. The summed E-state index contributed by atoms with van der Waals surface area (Å²) < 4.78 is 0. The lowest BCUT2D eigenvalue weighted by Crippen LogP contribution is -1.94. The van der Waals surface area contributed by atoms with Crippen molar-refractivity contribution in [2.24, 2.45) is 0 Å². The van der Waals surface area contributed by atoms with Gasteiger partial charge in [-0.3, -0.25) is 0 Å². The van der Waals surface area contributed by atoms with Gasteiger partial charge < -0.3 is 5.11 Å². The maximum Gasteiger partial charge on any atom is 0.0684 e. The van der Waals surface area contributed by atoms with E-state index in [2.05, 4.69) is 26.5 Å². The maximum absolute atomic E-state index is 8.97. The number of hydrogen-bond donors (Lipinski definition) is 1. The molecular weight excluding hydrogens is 162 g/mol. The minimum absolute atomic E-state index is 0.147. The molecular formula is C11H15NO. The van der Waals surface area contributed by atoms with E-state index in [0.717, 1.165) is 5.56 Å². The van der Waals surface area contributed by atoms with Gasteiger partial charge in [-0.05, 0) is 17.0 Å². The van der Waals surface area contributed by atoms with Gasteiger partial charge in [0.2, 0.25) is 0 Å². The first-order valence-corrected chi connectivity index (χ1v) is 4.20. The molecule has 0 heterocycles. The van der Waals surface area contributed by atoms with Gasteiger partial charge in [0.15, 0.2) is 0 Å². The molecule has 0 spiro atoms. The zero-order valence-electron chi connectivity index (χ0n) is 8.07. The molecule has 0 radical (unpaired) electrons. The fourth-order valence-electron chi connectivity index (χ4n) is 1.24. The monoisotopic (exact) mass is 177 g/mol. The highest BCUT2D eigenvalue weighted by Gasteiger charge is 2.02. The number of rotatable bonds is 2.